The Balaban J connectivity index is 2.49. The van der Waals surface area contributed by atoms with Crippen LogP contribution in [0.5, 0.6) is 5.75 Å². The average molecular weight is 293 g/mol. The molecule has 116 valence electrons. The molecule has 1 N–H and O–H groups in total. The molecule has 0 bridgehead atoms. The van der Waals surface area contributed by atoms with Gasteiger partial charge in [-0.15, -0.1) is 0 Å². The molecule has 0 fully saturated rings. The lowest BCUT2D eigenvalue weighted by molar-refractivity contribution is -0.144. The van der Waals surface area contributed by atoms with Crippen LogP contribution in [0.3, 0.4) is 0 Å². The van der Waals surface area contributed by atoms with E-state index in [-0.39, 0.29) is 25.5 Å². The van der Waals surface area contributed by atoms with Gasteiger partial charge in [0.15, 0.2) is 0 Å². The zero-order valence-corrected chi connectivity index (χ0v) is 12.9. The van der Waals surface area contributed by atoms with E-state index >= 15 is 0 Å². The highest BCUT2D eigenvalue weighted by Crippen LogP contribution is 2.16. The minimum absolute atomic E-state index is 0.181. The van der Waals surface area contributed by atoms with E-state index in [4.69, 9.17) is 9.84 Å². The van der Waals surface area contributed by atoms with Crippen molar-refractivity contribution in [2.45, 2.75) is 33.6 Å². The van der Waals surface area contributed by atoms with Gasteiger partial charge in [-0.3, -0.25) is 9.59 Å². The Morgan fingerprint density at radius 1 is 1.19 bits per heavy atom. The molecule has 1 aromatic carbocycles. The van der Waals surface area contributed by atoms with Gasteiger partial charge in [0.2, 0.25) is 5.91 Å². The van der Waals surface area contributed by atoms with Crippen molar-refractivity contribution in [2.24, 2.45) is 0 Å². The molecular formula is C16H23NO4. The smallest absolute Gasteiger partial charge is 0.323 e. The third kappa shape index (κ3) is 6.29. The predicted octanol–water partition coefficient (Wildman–Crippen LogP) is 2.40. The van der Waals surface area contributed by atoms with Crippen LogP contribution in [-0.2, 0) is 9.59 Å². The Morgan fingerprint density at radius 2 is 1.81 bits per heavy atom. The van der Waals surface area contributed by atoms with Gasteiger partial charge < -0.3 is 14.7 Å². The average Bonchev–Trinajstić information content (AvgIpc) is 2.36. The Bertz CT molecular complexity index is 479. The van der Waals surface area contributed by atoms with Crippen LogP contribution < -0.4 is 4.74 Å². The minimum Gasteiger partial charge on any atom is -0.493 e. The standard InChI is InChI=1S/C16H23NO4/c1-4-6-17(11-16(19)20)15(18)5-7-21-14-9-12(2)8-13(3)10-14/h8-10H,4-7,11H2,1-3H3,(H,19,20). The van der Waals surface area contributed by atoms with Crippen LogP contribution >= 0.6 is 0 Å². The summed E-state index contributed by atoms with van der Waals surface area (Å²) in [6.07, 6.45) is 0.914. The van der Waals surface area contributed by atoms with Crippen LogP contribution in [0.2, 0.25) is 0 Å². The van der Waals surface area contributed by atoms with E-state index in [1.54, 1.807) is 0 Å². The summed E-state index contributed by atoms with van der Waals surface area (Å²) < 4.78 is 5.58. The first kappa shape index (κ1) is 17.0. The number of amides is 1. The second kappa shape index (κ2) is 8.29. The van der Waals surface area contributed by atoms with Crippen LogP contribution in [0.4, 0.5) is 0 Å². The summed E-state index contributed by atoms with van der Waals surface area (Å²) in [5.41, 5.74) is 2.21. The Hall–Kier alpha value is -2.04. The van der Waals surface area contributed by atoms with Gasteiger partial charge in [0.1, 0.15) is 12.3 Å². The highest BCUT2D eigenvalue weighted by molar-refractivity contribution is 5.81. The van der Waals surface area contributed by atoms with Crippen molar-refractivity contribution in [3.8, 4) is 5.75 Å². The van der Waals surface area contributed by atoms with Crippen LogP contribution in [0, 0.1) is 13.8 Å². The zero-order chi connectivity index (χ0) is 15.8. The summed E-state index contributed by atoms with van der Waals surface area (Å²) in [6, 6.07) is 5.88. The van der Waals surface area contributed by atoms with Crippen molar-refractivity contribution < 1.29 is 19.4 Å². The lowest BCUT2D eigenvalue weighted by Gasteiger charge is -2.20. The Labute approximate surface area is 125 Å². The Kier molecular flexibility index (Phi) is 6.72. The van der Waals surface area contributed by atoms with Crippen molar-refractivity contribution in [1.82, 2.24) is 4.90 Å². The second-order valence-electron chi connectivity index (χ2n) is 5.13. The number of aliphatic carboxylic acids is 1. The molecule has 5 heteroatoms. The Morgan fingerprint density at radius 3 is 2.33 bits per heavy atom. The fourth-order valence-electron chi connectivity index (χ4n) is 2.16. The van der Waals surface area contributed by atoms with Crippen LogP contribution in [0.25, 0.3) is 0 Å². The van der Waals surface area contributed by atoms with E-state index in [2.05, 4.69) is 0 Å². The molecule has 0 aliphatic carbocycles. The molecule has 1 rings (SSSR count). The number of rotatable bonds is 8. The number of benzene rings is 1. The molecule has 1 aromatic rings. The maximum absolute atomic E-state index is 12.0. The third-order valence-corrected chi connectivity index (χ3v) is 2.95. The third-order valence-electron chi connectivity index (χ3n) is 2.95. The van der Waals surface area contributed by atoms with Crippen LogP contribution in [-0.4, -0.2) is 41.6 Å². The number of carboxylic acid groups (broad SMARTS) is 1. The molecule has 0 spiro atoms. The van der Waals surface area contributed by atoms with E-state index in [1.165, 1.54) is 4.90 Å². The number of aryl methyl sites for hydroxylation is 2. The predicted molar refractivity (Wildman–Crippen MR) is 80.5 cm³/mol. The summed E-state index contributed by atoms with van der Waals surface area (Å²) in [6.45, 7) is 6.34. The molecule has 1 amide bonds. The number of ether oxygens (including phenoxy) is 1. The molecule has 0 unspecified atom stereocenters. The minimum atomic E-state index is -0.993. The summed E-state index contributed by atoms with van der Waals surface area (Å²) in [7, 11) is 0. The van der Waals surface area contributed by atoms with Gasteiger partial charge in [-0.2, -0.15) is 0 Å². The molecule has 0 saturated carbocycles. The van der Waals surface area contributed by atoms with E-state index < -0.39 is 5.97 Å². The van der Waals surface area contributed by atoms with Gasteiger partial charge in [0, 0.05) is 6.54 Å². The van der Waals surface area contributed by atoms with E-state index in [1.807, 2.05) is 39.0 Å². The monoisotopic (exact) mass is 293 g/mol. The van der Waals surface area contributed by atoms with Crippen LogP contribution in [0.1, 0.15) is 30.9 Å². The fourth-order valence-corrected chi connectivity index (χ4v) is 2.16. The summed E-state index contributed by atoms with van der Waals surface area (Å²) in [4.78, 5) is 24.1. The van der Waals surface area contributed by atoms with Gasteiger partial charge >= 0.3 is 5.97 Å². The number of nitrogens with zero attached hydrogens (tertiary/aromatic N) is 1. The van der Waals surface area contributed by atoms with Gasteiger partial charge in [0.05, 0.1) is 13.0 Å². The van der Waals surface area contributed by atoms with Gasteiger partial charge in [0.25, 0.3) is 0 Å². The van der Waals surface area contributed by atoms with Crippen molar-refractivity contribution >= 4 is 11.9 Å². The van der Waals surface area contributed by atoms with E-state index in [9.17, 15) is 9.59 Å². The van der Waals surface area contributed by atoms with Crippen LogP contribution in [0.15, 0.2) is 18.2 Å². The quantitative estimate of drug-likeness (QED) is 0.799. The highest BCUT2D eigenvalue weighted by Gasteiger charge is 2.15. The molecule has 0 aliphatic rings. The van der Waals surface area contributed by atoms with Crippen molar-refractivity contribution in [3.63, 3.8) is 0 Å². The fraction of sp³-hybridized carbons (Fsp3) is 0.500. The largest absolute Gasteiger partial charge is 0.493 e. The molecule has 0 aromatic heterocycles. The second-order valence-corrected chi connectivity index (χ2v) is 5.13. The lowest BCUT2D eigenvalue weighted by atomic mass is 10.1. The molecule has 5 nitrogen and oxygen atoms in total. The number of carboxylic acids is 1. The topological polar surface area (TPSA) is 66.8 Å². The van der Waals surface area contributed by atoms with Crippen molar-refractivity contribution in [3.05, 3.63) is 29.3 Å². The first-order valence-corrected chi connectivity index (χ1v) is 7.13. The highest BCUT2D eigenvalue weighted by atomic mass is 16.5. The first-order chi connectivity index (χ1) is 9.92. The van der Waals surface area contributed by atoms with Crippen molar-refractivity contribution in [2.75, 3.05) is 19.7 Å². The normalized spacial score (nSPS) is 10.2. The van der Waals surface area contributed by atoms with Crippen molar-refractivity contribution in [1.29, 1.82) is 0 Å². The molecule has 0 aliphatic heterocycles. The van der Waals surface area contributed by atoms with Gasteiger partial charge in [-0.1, -0.05) is 13.0 Å². The molecule has 0 atom stereocenters. The number of carbonyl (C=O) groups excluding carboxylic acids is 1. The SMILES string of the molecule is CCCN(CC(=O)O)C(=O)CCOc1cc(C)cc(C)c1. The molecular weight excluding hydrogens is 270 g/mol. The number of carbonyl (C=O) groups is 2. The number of hydrogen-bond donors (Lipinski definition) is 1. The summed E-state index contributed by atoms with van der Waals surface area (Å²) >= 11 is 0. The van der Waals surface area contributed by atoms with Gasteiger partial charge in [-0.05, 0) is 43.5 Å². The summed E-state index contributed by atoms with van der Waals surface area (Å²) in [5.74, 6) is -0.448. The lowest BCUT2D eigenvalue weighted by Crippen LogP contribution is -2.36. The number of hydrogen-bond acceptors (Lipinski definition) is 3. The van der Waals surface area contributed by atoms with E-state index in [0.29, 0.717) is 6.54 Å². The first-order valence-electron chi connectivity index (χ1n) is 7.13. The maximum Gasteiger partial charge on any atom is 0.323 e. The zero-order valence-electron chi connectivity index (χ0n) is 12.9. The molecule has 0 radical (unpaired) electrons. The molecule has 0 heterocycles. The maximum atomic E-state index is 12.0. The molecule has 21 heavy (non-hydrogen) atoms. The summed E-state index contributed by atoms with van der Waals surface area (Å²) in [5, 5.41) is 8.80. The van der Waals surface area contributed by atoms with E-state index in [0.717, 1.165) is 23.3 Å². The molecule has 0 saturated heterocycles. The van der Waals surface area contributed by atoms with Gasteiger partial charge in [-0.25, -0.2) is 0 Å².